The van der Waals surface area contributed by atoms with Gasteiger partial charge in [0.2, 0.25) is 35.7 Å². The summed E-state index contributed by atoms with van der Waals surface area (Å²) in [6, 6.07) is 27.5. The largest absolute Gasteiger partial charge is 0.367 e. The zero-order chi connectivity index (χ0) is 100. The van der Waals surface area contributed by atoms with Crippen molar-refractivity contribution in [2.75, 3.05) is 53.2 Å². The second-order valence-electron chi connectivity index (χ2n) is 41.3. The Morgan fingerprint density at radius 2 is 0.489 bits per heavy atom. The average Bonchev–Trinajstić information content (AvgIpc) is 1.68. The fraction of sp³-hybridized carbons (Fsp3) is 0.535. The number of H-pyrrole nitrogens is 2. The van der Waals surface area contributed by atoms with Crippen molar-refractivity contribution < 1.29 is 0 Å². The van der Waals surface area contributed by atoms with E-state index in [-0.39, 0.29) is 0 Å². The molecular weight excluding hydrogens is 1690 g/mol. The number of aromatic nitrogens is 13. The molecule has 5 aliphatic carbocycles. The van der Waals surface area contributed by atoms with Gasteiger partial charge in [0, 0.05) is 94.6 Å². The predicted molar refractivity (Wildman–Crippen MR) is 581 cm³/mol. The van der Waals surface area contributed by atoms with Crippen molar-refractivity contribution in [3.05, 3.63) is 198 Å². The summed E-state index contributed by atoms with van der Waals surface area (Å²) in [6.45, 7) is 79.4. The SMILES string of the molecule is CC.CC.Cc1ccc(Nc2nc(NC3CC(C)C(C)C3C)c3cc[nH]c3n2)c(C)c1C.Cc1ccc(Nc2nc(NC3CC(C)C(C)C3C)nc3[nH]ccc23)c(C)c1C.Cc1ccc(Nc2ncnc(NC3CC(C)C(C)C3C)n2)c(C)c1C.Cc1cnc(NC2CC(C)C(C)C2C)nc1Nc1ccc(C)c(C)c1C.Cc1cnc(Nc2ccc(C)c(C)c2C)nc1NC1CC(C)C(C)C1C. The maximum absolute atomic E-state index is 4.86. The molecule has 7 aromatic heterocycles. The number of fused-ring (bicyclic) bond motifs is 2. The molecule has 23 heteroatoms. The summed E-state index contributed by atoms with van der Waals surface area (Å²) in [5.41, 5.74) is 28.5. The van der Waals surface area contributed by atoms with Crippen molar-refractivity contribution in [2.45, 2.75) is 312 Å². The maximum Gasteiger partial charge on any atom is 0.232 e. The molecule has 5 aromatic carbocycles. The van der Waals surface area contributed by atoms with E-state index in [1.165, 1.54) is 103 Å². The lowest BCUT2D eigenvalue weighted by atomic mass is 9.93. The highest BCUT2D eigenvalue weighted by atomic mass is 15.2. The fourth-order valence-electron chi connectivity index (χ4n) is 20.4. The van der Waals surface area contributed by atoms with Gasteiger partial charge in [-0.25, -0.2) is 19.9 Å². The van der Waals surface area contributed by atoms with Crippen LogP contribution in [-0.2, 0) is 0 Å². The quantitative estimate of drug-likeness (QED) is 0.0338. The van der Waals surface area contributed by atoms with Gasteiger partial charge < -0.3 is 63.1 Å². The molecule has 5 saturated carbocycles. The summed E-state index contributed by atoms with van der Waals surface area (Å²) in [6.07, 6.45) is 15.1. The third-order valence-electron chi connectivity index (χ3n) is 33.4. The number of hydrogen-bond acceptors (Lipinski definition) is 21. The summed E-state index contributed by atoms with van der Waals surface area (Å²) in [4.78, 5) is 57.3. The van der Waals surface area contributed by atoms with E-state index in [2.05, 4.69) is 369 Å². The molecule has 0 spiro atoms. The van der Waals surface area contributed by atoms with Crippen LogP contribution in [0.15, 0.2) is 104 Å². The topological polar surface area (TPSA) is 294 Å². The van der Waals surface area contributed by atoms with Crippen LogP contribution in [0.2, 0.25) is 0 Å². The molecule has 20 atom stereocenters. The van der Waals surface area contributed by atoms with Crippen LogP contribution >= 0.6 is 0 Å². The zero-order valence-corrected chi connectivity index (χ0v) is 89.8. The molecule has 738 valence electrons. The Hall–Kier alpha value is -11.5. The predicted octanol–water partition coefficient (Wildman–Crippen LogP) is 29.2. The average molecular weight is 1860 g/mol. The normalized spacial score (nSPS) is 24.5. The minimum atomic E-state index is 0.411. The lowest BCUT2D eigenvalue weighted by Gasteiger charge is -2.21. The first-order chi connectivity index (χ1) is 65.1. The second kappa shape index (κ2) is 46.8. The van der Waals surface area contributed by atoms with E-state index in [1.54, 1.807) is 6.33 Å². The lowest BCUT2D eigenvalue weighted by Crippen LogP contribution is -2.25. The monoisotopic (exact) mass is 1860 g/mol. The van der Waals surface area contributed by atoms with E-state index < -0.39 is 0 Å². The number of aryl methyl sites for hydroxylation is 7. The molecule has 12 N–H and O–H groups in total. The van der Waals surface area contributed by atoms with E-state index in [9.17, 15) is 0 Å². The van der Waals surface area contributed by atoms with Crippen molar-refractivity contribution >= 4 is 109 Å². The molecular formula is C114H167N23. The lowest BCUT2D eigenvalue weighted by molar-refractivity contribution is 0.374. The molecule has 5 aliphatic rings. The standard InChI is InChI=1S/2C23H31N5.2C22H32N4.C20H29N5.2C2H6/c1-12-7-8-19(16(5)14(12)3)26-23-27-21-18(9-10-24-21)22(28-23)25-20-11-13(2)15(4)17(20)6;1-12-7-8-19(16(5)14(12)3)25-22-18-9-10-24-21(18)27-23(28-22)26-20-11-13(2)15(4)17(20)6;1-12-8-9-19(17(6)15(12)4)25-22-23-11-14(3)21(26-22)24-20-10-13(2)16(5)18(20)7;1-12-8-9-19(17(6)15(12)4)24-21-14(3)11-23-22(26-21)25-20-10-13(2)16(5)18(20)7;1-11-7-8-17(15(5)13(11)3)23-19-21-10-22-20(25-19)24-18-9-12(2)14(4)16(18)6;2*1-2/h2*7-10,13,15,17,20H,11H2,1-6H3,(H3,24,25,26,27,28);2*8-9,11,13,16,18,20H,10H2,1-7H3,(H2,23,24,25,26);7-8,10,12,14,16,18H,9H2,1-6H3,(H2,21,22,23,24,25);2*1-2H3. The highest BCUT2D eigenvalue weighted by Gasteiger charge is 2.41. The van der Waals surface area contributed by atoms with Crippen LogP contribution < -0.4 is 53.2 Å². The van der Waals surface area contributed by atoms with Gasteiger partial charge in [0.05, 0.1) is 10.8 Å². The number of rotatable bonds is 20. The third-order valence-corrected chi connectivity index (χ3v) is 33.4. The van der Waals surface area contributed by atoms with E-state index in [1.807, 2.05) is 65.5 Å². The van der Waals surface area contributed by atoms with Crippen LogP contribution in [-0.4, -0.2) is 95.0 Å². The van der Waals surface area contributed by atoms with Crippen molar-refractivity contribution in [3.8, 4) is 0 Å². The van der Waals surface area contributed by atoms with Crippen LogP contribution in [0.5, 0.6) is 0 Å². The molecule has 20 unspecified atom stereocenters. The van der Waals surface area contributed by atoms with Crippen LogP contribution in [0.3, 0.4) is 0 Å². The highest BCUT2D eigenvalue weighted by molar-refractivity contribution is 5.91. The van der Waals surface area contributed by atoms with Crippen molar-refractivity contribution in [3.63, 3.8) is 0 Å². The first-order valence-electron chi connectivity index (χ1n) is 51.2. The van der Waals surface area contributed by atoms with Gasteiger partial charge in [0.1, 0.15) is 40.9 Å². The summed E-state index contributed by atoms with van der Waals surface area (Å²) < 4.78 is 0. The molecule has 7 heterocycles. The van der Waals surface area contributed by atoms with Gasteiger partial charge in [-0.05, 0) is 364 Å². The molecule has 0 radical (unpaired) electrons. The Morgan fingerprint density at radius 3 is 0.854 bits per heavy atom. The van der Waals surface area contributed by atoms with Gasteiger partial charge in [0.15, 0.2) is 0 Å². The molecule has 0 bridgehead atoms. The van der Waals surface area contributed by atoms with Gasteiger partial charge in [-0.3, -0.25) is 0 Å². The number of aromatic amines is 2. The number of benzene rings is 5. The van der Waals surface area contributed by atoms with Gasteiger partial charge in [0.25, 0.3) is 0 Å². The zero-order valence-electron chi connectivity index (χ0n) is 89.8. The Kier molecular flexibility index (Phi) is 36.2. The van der Waals surface area contributed by atoms with Gasteiger partial charge >= 0.3 is 0 Å². The summed E-state index contributed by atoms with van der Waals surface area (Å²) in [7, 11) is 0. The van der Waals surface area contributed by atoms with Crippen LogP contribution in [0, 0.1) is 206 Å². The van der Waals surface area contributed by atoms with Crippen LogP contribution in [0.1, 0.15) is 258 Å². The number of nitrogens with one attached hydrogen (secondary N) is 12. The molecule has 17 rings (SSSR count). The molecule has 137 heavy (non-hydrogen) atoms. The van der Waals surface area contributed by atoms with E-state index >= 15 is 0 Å². The Bertz CT molecular complexity index is 6050. The Labute approximate surface area is 821 Å². The third kappa shape index (κ3) is 25.0. The van der Waals surface area contributed by atoms with Gasteiger partial charge in [-0.1, -0.05) is 162 Å². The maximum atomic E-state index is 4.86. The number of nitrogens with zero attached hydrogens (tertiary/aromatic N) is 11. The first-order valence-corrected chi connectivity index (χ1v) is 51.2. The Balaban J connectivity index is 0.000000163. The summed E-state index contributed by atoms with van der Waals surface area (Å²) in [5.74, 6) is 17.9. The molecule has 0 saturated heterocycles. The first kappa shape index (κ1) is 106. The van der Waals surface area contributed by atoms with Crippen molar-refractivity contribution in [1.29, 1.82) is 0 Å². The van der Waals surface area contributed by atoms with Gasteiger partial charge in [-0.15, -0.1) is 0 Å². The van der Waals surface area contributed by atoms with E-state index in [4.69, 9.17) is 29.9 Å². The molecule has 23 nitrogen and oxygen atoms in total. The van der Waals surface area contributed by atoms with Crippen molar-refractivity contribution in [2.24, 2.45) is 88.8 Å². The minimum absolute atomic E-state index is 0.411. The Morgan fingerprint density at radius 1 is 0.226 bits per heavy atom. The van der Waals surface area contributed by atoms with Crippen molar-refractivity contribution in [1.82, 2.24) is 64.8 Å². The van der Waals surface area contributed by atoms with Gasteiger partial charge in [-0.2, -0.15) is 34.9 Å². The van der Waals surface area contributed by atoms with E-state index in [0.29, 0.717) is 95.5 Å². The highest BCUT2D eigenvalue weighted by Crippen LogP contribution is 2.45. The minimum Gasteiger partial charge on any atom is -0.367 e. The number of hydrogen-bond donors (Lipinski definition) is 12. The molecule has 0 aliphatic heterocycles. The van der Waals surface area contributed by atoms with Crippen LogP contribution in [0.25, 0.3) is 22.1 Å². The number of anilines is 15. The molecule has 5 fully saturated rings. The van der Waals surface area contributed by atoms with E-state index in [0.717, 1.165) is 157 Å². The van der Waals surface area contributed by atoms with Crippen LogP contribution in [0.4, 0.5) is 87.4 Å². The fourth-order valence-corrected chi connectivity index (χ4v) is 20.4. The molecule has 12 aromatic rings. The second-order valence-corrected chi connectivity index (χ2v) is 41.3. The smallest absolute Gasteiger partial charge is 0.232 e. The summed E-state index contributed by atoms with van der Waals surface area (Å²) in [5, 5.41) is 37.4. The molecule has 0 amide bonds. The summed E-state index contributed by atoms with van der Waals surface area (Å²) >= 11 is 0.